The zero-order valence-electron chi connectivity index (χ0n) is 12.0. The predicted octanol–water partition coefficient (Wildman–Crippen LogP) is 3.48. The van der Waals surface area contributed by atoms with Crippen LogP contribution in [0.4, 0.5) is 13.2 Å². The first-order chi connectivity index (χ1) is 9.19. The molecule has 0 spiro atoms. The van der Waals surface area contributed by atoms with Crippen molar-refractivity contribution in [3.05, 3.63) is 34.4 Å². The lowest BCUT2D eigenvalue weighted by molar-refractivity contribution is -0.175. The average Bonchev–Trinajstić information content (AvgIpc) is 2.28. The number of aliphatic hydroxyl groups is 1. The van der Waals surface area contributed by atoms with E-state index in [-0.39, 0.29) is 13.0 Å². The van der Waals surface area contributed by atoms with E-state index in [1.807, 2.05) is 32.9 Å². The first kappa shape index (κ1) is 17.0. The smallest absolute Gasteiger partial charge is 0.393 e. The lowest BCUT2D eigenvalue weighted by atomic mass is 9.94. The van der Waals surface area contributed by atoms with Gasteiger partial charge in [0, 0.05) is 6.61 Å². The van der Waals surface area contributed by atoms with Crippen molar-refractivity contribution < 1.29 is 23.0 Å². The van der Waals surface area contributed by atoms with E-state index in [0.29, 0.717) is 6.42 Å². The van der Waals surface area contributed by atoms with Gasteiger partial charge in [-0.3, -0.25) is 0 Å². The maximum atomic E-state index is 11.9. The number of hydrogen-bond donors (Lipinski definition) is 1. The van der Waals surface area contributed by atoms with Crippen molar-refractivity contribution in [3.8, 4) is 0 Å². The third-order valence-electron chi connectivity index (χ3n) is 3.14. The van der Waals surface area contributed by atoms with Gasteiger partial charge in [0.25, 0.3) is 0 Å². The van der Waals surface area contributed by atoms with Crippen LogP contribution < -0.4 is 0 Å². The summed E-state index contributed by atoms with van der Waals surface area (Å²) in [6.07, 6.45) is -4.37. The van der Waals surface area contributed by atoms with Crippen LogP contribution in [0.2, 0.25) is 0 Å². The standard InChI is InChI=1S/C15H21F3O2/c1-10-6-11(2)14(12(3)7-10)8-13(19)4-5-20-9-15(16,17)18/h6-7,13,19H,4-5,8-9H2,1-3H3. The molecule has 0 saturated carbocycles. The SMILES string of the molecule is Cc1cc(C)c(CC(O)CCOCC(F)(F)F)c(C)c1. The van der Waals surface area contributed by atoms with Gasteiger partial charge in [0.15, 0.2) is 0 Å². The summed E-state index contributed by atoms with van der Waals surface area (Å²) >= 11 is 0. The largest absolute Gasteiger partial charge is 0.411 e. The number of rotatable bonds is 6. The predicted molar refractivity (Wildman–Crippen MR) is 71.9 cm³/mol. The summed E-state index contributed by atoms with van der Waals surface area (Å²) in [5.41, 5.74) is 4.40. The van der Waals surface area contributed by atoms with E-state index in [1.54, 1.807) is 0 Å². The van der Waals surface area contributed by atoms with Gasteiger partial charge in [0.2, 0.25) is 0 Å². The highest BCUT2D eigenvalue weighted by atomic mass is 19.4. The molecule has 0 radical (unpaired) electrons. The number of benzene rings is 1. The maximum Gasteiger partial charge on any atom is 0.411 e. The molecule has 0 heterocycles. The van der Waals surface area contributed by atoms with Crippen LogP contribution in [-0.2, 0) is 11.2 Å². The molecule has 0 fully saturated rings. The van der Waals surface area contributed by atoms with Crippen LogP contribution >= 0.6 is 0 Å². The molecule has 1 atom stereocenters. The molecule has 114 valence electrons. The summed E-state index contributed by atoms with van der Waals surface area (Å²) in [6.45, 7) is 4.60. The third kappa shape index (κ3) is 5.92. The number of ether oxygens (including phenoxy) is 1. The molecule has 1 rings (SSSR count). The Morgan fingerprint density at radius 3 is 2.20 bits per heavy atom. The topological polar surface area (TPSA) is 29.5 Å². The molecule has 5 heteroatoms. The van der Waals surface area contributed by atoms with Crippen molar-refractivity contribution in [1.29, 1.82) is 0 Å². The van der Waals surface area contributed by atoms with Crippen LogP contribution in [0.25, 0.3) is 0 Å². The van der Waals surface area contributed by atoms with E-state index in [2.05, 4.69) is 4.74 Å². The van der Waals surface area contributed by atoms with Gasteiger partial charge in [0.05, 0.1) is 6.10 Å². The highest BCUT2D eigenvalue weighted by Crippen LogP contribution is 2.19. The lowest BCUT2D eigenvalue weighted by Gasteiger charge is -2.16. The van der Waals surface area contributed by atoms with Crippen LogP contribution in [0, 0.1) is 20.8 Å². The Balaban J connectivity index is 2.45. The number of aliphatic hydroxyl groups excluding tert-OH is 1. The number of hydrogen-bond acceptors (Lipinski definition) is 2. The van der Waals surface area contributed by atoms with Crippen molar-refractivity contribution in [2.75, 3.05) is 13.2 Å². The summed E-state index contributed by atoms with van der Waals surface area (Å²) in [5.74, 6) is 0. The van der Waals surface area contributed by atoms with Gasteiger partial charge in [-0.2, -0.15) is 13.2 Å². The molecular weight excluding hydrogens is 269 g/mol. The molecule has 20 heavy (non-hydrogen) atoms. The molecule has 0 aromatic heterocycles. The monoisotopic (exact) mass is 290 g/mol. The Morgan fingerprint density at radius 1 is 1.15 bits per heavy atom. The summed E-state index contributed by atoms with van der Waals surface area (Å²) in [7, 11) is 0. The lowest BCUT2D eigenvalue weighted by Crippen LogP contribution is -2.20. The van der Waals surface area contributed by atoms with E-state index < -0.39 is 18.9 Å². The number of aryl methyl sites for hydroxylation is 3. The minimum atomic E-state index is -4.31. The molecule has 0 aliphatic heterocycles. The summed E-state index contributed by atoms with van der Waals surface area (Å²) < 4.78 is 40.2. The molecule has 1 aromatic carbocycles. The number of halogens is 3. The van der Waals surface area contributed by atoms with Crippen molar-refractivity contribution in [2.45, 2.75) is 45.9 Å². The third-order valence-corrected chi connectivity index (χ3v) is 3.14. The van der Waals surface area contributed by atoms with E-state index in [9.17, 15) is 18.3 Å². The van der Waals surface area contributed by atoms with Crippen molar-refractivity contribution in [1.82, 2.24) is 0 Å². The second-order valence-corrected chi connectivity index (χ2v) is 5.19. The summed E-state index contributed by atoms with van der Waals surface area (Å²) in [6, 6.07) is 4.07. The van der Waals surface area contributed by atoms with Crippen LogP contribution in [0.15, 0.2) is 12.1 Å². The van der Waals surface area contributed by atoms with Gasteiger partial charge in [-0.15, -0.1) is 0 Å². The van der Waals surface area contributed by atoms with E-state index >= 15 is 0 Å². The quantitative estimate of drug-likeness (QED) is 0.813. The molecule has 0 bridgehead atoms. The second kappa shape index (κ2) is 7.09. The maximum absolute atomic E-state index is 11.9. The molecular formula is C15H21F3O2. The van der Waals surface area contributed by atoms with Crippen LogP contribution in [-0.4, -0.2) is 30.6 Å². The van der Waals surface area contributed by atoms with Crippen molar-refractivity contribution in [2.24, 2.45) is 0 Å². The molecule has 0 amide bonds. The molecule has 1 N–H and O–H groups in total. The fraction of sp³-hybridized carbons (Fsp3) is 0.600. The molecule has 1 unspecified atom stereocenters. The van der Waals surface area contributed by atoms with Gasteiger partial charge < -0.3 is 9.84 Å². The Kier molecular flexibility index (Phi) is 6.02. The Bertz CT molecular complexity index is 418. The highest BCUT2D eigenvalue weighted by molar-refractivity contribution is 5.37. The van der Waals surface area contributed by atoms with Gasteiger partial charge >= 0.3 is 6.18 Å². The first-order valence-corrected chi connectivity index (χ1v) is 6.58. The molecule has 2 nitrogen and oxygen atoms in total. The van der Waals surface area contributed by atoms with E-state index in [4.69, 9.17) is 0 Å². The zero-order valence-corrected chi connectivity index (χ0v) is 12.0. The molecule has 1 aromatic rings. The van der Waals surface area contributed by atoms with Gasteiger partial charge in [-0.25, -0.2) is 0 Å². The van der Waals surface area contributed by atoms with Gasteiger partial charge in [-0.05, 0) is 50.3 Å². The minimum Gasteiger partial charge on any atom is -0.393 e. The Hall–Kier alpha value is -1.07. The normalized spacial score (nSPS) is 13.6. The first-order valence-electron chi connectivity index (χ1n) is 6.58. The Morgan fingerprint density at radius 2 is 1.70 bits per heavy atom. The highest BCUT2D eigenvalue weighted by Gasteiger charge is 2.27. The van der Waals surface area contributed by atoms with Crippen molar-refractivity contribution >= 4 is 0 Å². The summed E-state index contributed by atoms with van der Waals surface area (Å²) in [4.78, 5) is 0. The number of alkyl halides is 3. The van der Waals surface area contributed by atoms with Crippen molar-refractivity contribution in [3.63, 3.8) is 0 Å². The molecule has 0 aliphatic carbocycles. The zero-order chi connectivity index (χ0) is 15.3. The average molecular weight is 290 g/mol. The van der Waals surface area contributed by atoms with Gasteiger partial charge in [0.1, 0.15) is 6.61 Å². The van der Waals surface area contributed by atoms with Gasteiger partial charge in [-0.1, -0.05) is 17.7 Å². The minimum absolute atomic E-state index is 0.0926. The van der Waals surface area contributed by atoms with Crippen LogP contribution in [0.3, 0.4) is 0 Å². The fourth-order valence-electron chi connectivity index (χ4n) is 2.28. The van der Waals surface area contributed by atoms with E-state index in [0.717, 1.165) is 22.3 Å². The summed E-state index contributed by atoms with van der Waals surface area (Å²) in [5, 5.41) is 9.89. The van der Waals surface area contributed by atoms with E-state index in [1.165, 1.54) is 0 Å². The molecule has 0 aliphatic rings. The fourth-order valence-corrected chi connectivity index (χ4v) is 2.28. The van der Waals surface area contributed by atoms with Crippen LogP contribution in [0.5, 0.6) is 0 Å². The van der Waals surface area contributed by atoms with Crippen LogP contribution in [0.1, 0.15) is 28.7 Å². The Labute approximate surface area is 117 Å². The second-order valence-electron chi connectivity index (χ2n) is 5.19. The molecule has 0 saturated heterocycles.